The summed E-state index contributed by atoms with van der Waals surface area (Å²) in [4.78, 5) is 0. The Balaban J connectivity index is 0.000000791. The number of hydrogen-bond acceptors (Lipinski definition) is 1. The lowest BCUT2D eigenvalue weighted by Crippen LogP contribution is -2.32. The molecule has 0 saturated carbocycles. The van der Waals surface area contributed by atoms with Crippen LogP contribution >= 0.6 is 0 Å². The van der Waals surface area contributed by atoms with Gasteiger partial charge in [0.25, 0.3) is 0 Å². The summed E-state index contributed by atoms with van der Waals surface area (Å²) in [7, 11) is 0. The highest BCUT2D eigenvalue weighted by atomic mass is 14.9. The first-order chi connectivity index (χ1) is 6.77. The van der Waals surface area contributed by atoms with Gasteiger partial charge in [-0.25, -0.2) is 0 Å². The Morgan fingerprint density at radius 3 is 2.50 bits per heavy atom. The molecule has 0 fully saturated rings. The van der Waals surface area contributed by atoms with E-state index in [4.69, 9.17) is 0 Å². The summed E-state index contributed by atoms with van der Waals surface area (Å²) in [5.74, 6) is 0. The fourth-order valence-corrected chi connectivity index (χ4v) is 1.51. The van der Waals surface area contributed by atoms with E-state index in [2.05, 4.69) is 31.0 Å². The molecule has 0 amide bonds. The molecule has 1 aliphatic heterocycles. The quantitative estimate of drug-likeness (QED) is 0.708. The Hall–Kier alpha value is -0.820. The molecule has 0 aromatic carbocycles. The molecule has 0 aliphatic carbocycles. The molecule has 1 aliphatic rings. The van der Waals surface area contributed by atoms with E-state index in [1.807, 2.05) is 26.8 Å². The molecule has 0 aromatic rings. The molecule has 80 valence electrons. The standard InChI is InChI=1S/C11H17N.C2H6/c1-4-6-11-8-12-9(3)7-10(11)5-2;1-2/h4-6,9,12H,2,7-8H2,1,3H3;1-2H3/b6-4-;. The maximum Gasteiger partial charge on any atom is 0.0210 e. The molecule has 1 atom stereocenters. The highest BCUT2D eigenvalue weighted by Crippen LogP contribution is 2.17. The fraction of sp³-hybridized carbons (Fsp3) is 0.538. The van der Waals surface area contributed by atoms with E-state index >= 15 is 0 Å². The van der Waals surface area contributed by atoms with E-state index in [1.54, 1.807) is 0 Å². The van der Waals surface area contributed by atoms with Crippen molar-refractivity contribution >= 4 is 0 Å². The lowest BCUT2D eigenvalue weighted by Gasteiger charge is -2.23. The highest BCUT2D eigenvalue weighted by Gasteiger charge is 2.12. The van der Waals surface area contributed by atoms with Gasteiger partial charge < -0.3 is 5.32 Å². The van der Waals surface area contributed by atoms with Crippen LogP contribution in [0.15, 0.2) is 36.0 Å². The van der Waals surface area contributed by atoms with E-state index in [9.17, 15) is 0 Å². The molecule has 1 unspecified atom stereocenters. The minimum atomic E-state index is 0.590. The first-order valence-corrected chi connectivity index (χ1v) is 5.48. The van der Waals surface area contributed by atoms with Crippen molar-refractivity contribution in [2.45, 2.75) is 40.2 Å². The third kappa shape index (κ3) is 3.93. The summed E-state index contributed by atoms with van der Waals surface area (Å²) in [5, 5.41) is 3.42. The van der Waals surface area contributed by atoms with Crippen LogP contribution in [0.4, 0.5) is 0 Å². The molecular formula is C13H23N. The minimum absolute atomic E-state index is 0.590. The van der Waals surface area contributed by atoms with E-state index in [1.165, 1.54) is 11.1 Å². The summed E-state index contributed by atoms with van der Waals surface area (Å²) < 4.78 is 0. The highest BCUT2D eigenvalue weighted by molar-refractivity contribution is 5.35. The predicted octanol–water partition coefficient (Wildman–Crippen LogP) is 3.45. The molecular weight excluding hydrogens is 170 g/mol. The summed E-state index contributed by atoms with van der Waals surface area (Å²) in [5.41, 5.74) is 2.77. The van der Waals surface area contributed by atoms with Crippen LogP contribution in [0.25, 0.3) is 0 Å². The third-order valence-corrected chi connectivity index (χ3v) is 2.19. The number of nitrogens with one attached hydrogen (secondary N) is 1. The van der Waals surface area contributed by atoms with Crippen molar-refractivity contribution in [1.29, 1.82) is 0 Å². The maximum absolute atomic E-state index is 3.83. The van der Waals surface area contributed by atoms with E-state index in [0.717, 1.165) is 13.0 Å². The van der Waals surface area contributed by atoms with Crippen LogP contribution in [-0.4, -0.2) is 12.6 Å². The van der Waals surface area contributed by atoms with E-state index in [-0.39, 0.29) is 0 Å². The smallest absolute Gasteiger partial charge is 0.0210 e. The van der Waals surface area contributed by atoms with Crippen LogP contribution in [0.5, 0.6) is 0 Å². The van der Waals surface area contributed by atoms with Crippen LogP contribution in [0.2, 0.25) is 0 Å². The third-order valence-electron chi connectivity index (χ3n) is 2.19. The predicted molar refractivity (Wildman–Crippen MR) is 65.5 cm³/mol. The van der Waals surface area contributed by atoms with E-state index in [0.29, 0.717) is 6.04 Å². The Labute approximate surface area is 88.6 Å². The maximum atomic E-state index is 3.83. The van der Waals surface area contributed by atoms with Crippen molar-refractivity contribution in [3.05, 3.63) is 36.0 Å². The molecule has 1 heterocycles. The van der Waals surface area contributed by atoms with Gasteiger partial charge >= 0.3 is 0 Å². The Morgan fingerprint density at radius 2 is 2.00 bits per heavy atom. The minimum Gasteiger partial charge on any atom is -0.310 e. The monoisotopic (exact) mass is 193 g/mol. The van der Waals surface area contributed by atoms with Gasteiger partial charge in [0.2, 0.25) is 0 Å². The van der Waals surface area contributed by atoms with Gasteiger partial charge in [0.1, 0.15) is 0 Å². The molecule has 1 nitrogen and oxygen atoms in total. The second-order valence-electron chi connectivity index (χ2n) is 3.24. The van der Waals surface area contributed by atoms with Gasteiger partial charge in [-0.2, -0.15) is 0 Å². The zero-order chi connectivity index (χ0) is 11.0. The van der Waals surface area contributed by atoms with Gasteiger partial charge in [-0.3, -0.25) is 0 Å². The van der Waals surface area contributed by atoms with Crippen LogP contribution < -0.4 is 5.32 Å². The van der Waals surface area contributed by atoms with Crippen LogP contribution in [-0.2, 0) is 0 Å². The van der Waals surface area contributed by atoms with Crippen LogP contribution in [0, 0.1) is 0 Å². The first kappa shape index (κ1) is 13.2. The number of rotatable bonds is 2. The summed E-state index contributed by atoms with van der Waals surface area (Å²) >= 11 is 0. The lowest BCUT2D eigenvalue weighted by atomic mass is 9.96. The molecule has 1 heteroatoms. The summed E-state index contributed by atoms with van der Waals surface area (Å²) in [6.45, 7) is 13.1. The van der Waals surface area contributed by atoms with Crippen LogP contribution in [0.1, 0.15) is 34.1 Å². The largest absolute Gasteiger partial charge is 0.310 e. The average molecular weight is 193 g/mol. The molecule has 0 radical (unpaired) electrons. The van der Waals surface area contributed by atoms with Crippen molar-refractivity contribution in [3.63, 3.8) is 0 Å². The lowest BCUT2D eigenvalue weighted by molar-refractivity contribution is 0.549. The summed E-state index contributed by atoms with van der Waals surface area (Å²) in [6, 6.07) is 0.590. The molecule has 0 saturated heterocycles. The molecule has 0 aromatic heterocycles. The van der Waals surface area contributed by atoms with Gasteiger partial charge in [-0.1, -0.05) is 38.7 Å². The normalized spacial score (nSPS) is 21.9. The van der Waals surface area contributed by atoms with Gasteiger partial charge in [0, 0.05) is 12.6 Å². The van der Waals surface area contributed by atoms with Gasteiger partial charge in [0.15, 0.2) is 0 Å². The Kier molecular flexibility index (Phi) is 7.13. The second-order valence-corrected chi connectivity index (χ2v) is 3.24. The van der Waals surface area contributed by atoms with Gasteiger partial charge in [0.05, 0.1) is 0 Å². The molecule has 1 N–H and O–H groups in total. The second kappa shape index (κ2) is 7.57. The molecule has 0 bridgehead atoms. The van der Waals surface area contributed by atoms with Gasteiger partial charge in [-0.15, -0.1) is 0 Å². The van der Waals surface area contributed by atoms with Crippen molar-refractivity contribution < 1.29 is 0 Å². The van der Waals surface area contributed by atoms with E-state index < -0.39 is 0 Å². The van der Waals surface area contributed by atoms with Crippen molar-refractivity contribution in [1.82, 2.24) is 5.32 Å². The molecule has 0 spiro atoms. The molecule has 1 rings (SSSR count). The Morgan fingerprint density at radius 1 is 1.36 bits per heavy atom. The number of hydrogen-bond donors (Lipinski definition) is 1. The number of allylic oxidation sites excluding steroid dienone is 2. The van der Waals surface area contributed by atoms with Gasteiger partial charge in [-0.05, 0) is 31.4 Å². The zero-order valence-electron chi connectivity index (χ0n) is 9.93. The fourth-order valence-electron chi connectivity index (χ4n) is 1.51. The van der Waals surface area contributed by atoms with Crippen molar-refractivity contribution in [2.24, 2.45) is 0 Å². The average Bonchev–Trinajstić information content (AvgIpc) is 2.24. The Bertz CT molecular complexity index is 223. The van der Waals surface area contributed by atoms with Crippen LogP contribution in [0.3, 0.4) is 0 Å². The molecule has 14 heavy (non-hydrogen) atoms. The summed E-state index contributed by atoms with van der Waals surface area (Å²) in [6.07, 6.45) is 7.32. The SMILES string of the molecule is C=CC1=C(/C=C\C)CNC(C)C1.CC. The van der Waals surface area contributed by atoms with Crippen molar-refractivity contribution in [3.8, 4) is 0 Å². The van der Waals surface area contributed by atoms with Crippen molar-refractivity contribution in [2.75, 3.05) is 6.54 Å². The first-order valence-electron chi connectivity index (χ1n) is 5.48. The topological polar surface area (TPSA) is 12.0 Å². The zero-order valence-corrected chi connectivity index (χ0v) is 9.93.